The van der Waals surface area contributed by atoms with Crippen molar-refractivity contribution in [3.63, 3.8) is 0 Å². The van der Waals surface area contributed by atoms with Gasteiger partial charge in [-0.05, 0) is 26.7 Å². The van der Waals surface area contributed by atoms with Crippen LogP contribution in [0.4, 0.5) is 0 Å². The Balaban J connectivity index is 2.38. The first-order valence-corrected chi connectivity index (χ1v) is 4.62. The lowest BCUT2D eigenvalue weighted by Gasteiger charge is -2.09. The second kappa shape index (κ2) is 3.82. The van der Waals surface area contributed by atoms with Gasteiger partial charge in [0, 0.05) is 12.6 Å². The summed E-state index contributed by atoms with van der Waals surface area (Å²) in [6, 6.07) is 0. The molecule has 0 aliphatic heterocycles. The van der Waals surface area contributed by atoms with Crippen LogP contribution >= 0.6 is 0 Å². The molecule has 0 aromatic heterocycles. The maximum atomic E-state index is 11.2. The Bertz CT molecular complexity index is 286. The number of carboxylic acid groups (broad SMARTS) is 1. The molecular weight excluding hydrogens is 182 g/mol. The molecule has 1 amide bonds. The lowest BCUT2D eigenvalue weighted by atomic mass is 10.1. The lowest BCUT2D eigenvalue weighted by Crippen LogP contribution is -2.33. The minimum atomic E-state index is -0.810. The highest BCUT2D eigenvalue weighted by Crippen LogP contribution is 2.45. The Labute approximate surface area is 83.0 Å². The van der Waals surface area contributed by atoms with Crippen LogP contribution < -0.4 is 5.32 Å². The Hall–Kier alpha value is -1.32. The van der Waals surface area contributed by atoms with Gasteiger partial charge in [-0.1, -0.05) is 5.57 Å². The highest BCUT2D eigenvalue weighted by atomic mass is 16.4. The van der Waals surface area contributed by atoms with Gasteiger partial charge in [0.25, 0.3) is 0 Å². The molecule has 0 unspecified atom stereocenters. The van der Waals surface area contributed by atoms with Gasteiger partial charge in [0.2, 0.25) is 5.91 Å². The van der Waals surface area contributed by atoms with Crippen molar-refractivity contribution in [3.8, 4) is 0 Å². The molecule has 1 aliphatic rings. The molecule has 0 heterocycles. The van der Waals surface area contributed by atoms with Gasteiger partial charge in [0.15, 0.2) is 0 Å². The van der Waals surface area contributed by atoms with Gasteiger partial charge in [-0.2, -0.15) is 0 Å². The molecule has 4 heteroatoms. The first kappa shape index (κ1) is 10.8. The maximum Gasteiger partial charge on any atom is 0.311 e. The molecule has 0 atom stereocenters. The summed E-state index contributed by atoms with van der Waals surface area (Å²) < 4.78 is 0. The quantitative estimate of drug-likeness (QED) is 0.659. The van der Waals surface area contributed by atoms with Crippen molar-refractivity contribution in [1.82, 2.24) is 5.32 Å². The predicted octanol–water partition coefficient (Wildman–Crippen LogP) is 0.934. The maximum absolute atomic E-state index is 11.2. The minimum Gasteiger partial charge on any atom is -0.481 e. The van der Waals surface area contributed by atoms with Gasteiger partial charge in [-0.25, -0.2) is 0 Å². The fourth-order valence-electron chi connectivity index (χ4n) is 1.19. The van der Waals surface area contributed by atoms with Crippen LogP contribution in [-0.4, -0.2) is 23.5 Å². The van der Waals surface area contributed by atoms with Gasteiger partial charge in [-0.15, -0.1) is 0 Å². The first-order chi connectivity index (χ1) is 6.46. The van der Waals surface area contributed by atoms with Crippen LogP contribution in [0.15, 0.2) is 11.6 Å². The van der Waals surface area contributed by atoms with E-state index in [1.165, 1.54) is 6.08 Å². The molecule has 1 rings (SSSR count). The topological polar surface area (TPSA) is 66.4 Å². The van der Waals surface area contributed by atoms with Gasteiger partial charge >= 0.3 is 5.97 Å². The monoisotopic (exact) mass is 197 g/mol. The summed E-state index contributed by atoms with van der Waals surface area (Å²) in [5.74, 6) is -1.02. The van der Waals surface area contributed by atoms with E-state index >= 15 is 0 Å². The fraction of sp³-hybridized carbons (Fsp3) is 0.600. The summed E-state index contributed by atoms with van der Waals surface area (Å²) in [6.45, 7) is 3.89. The second-order valence-corrected chi connectivity index (χ2v) is 4.02. The van der Waals surface area contributed by atoms with Crippen LogP contribution in [-0.2, 0) is 9.59 Å². The molecule has 0 spiro atoms. The molecule has 0 saturated heterocycles. The van der Waals surface area contributed by atoms with E-state index < -0.39 is 11.4 Å². The minimum absolute atomic E-state index is 0.211. The highest BCUT2D eigenvalue weighted by Gasteiger charge is 2.50. The third-order valence-electron chi connectivity index (χ3n) is 2.33. The van der Waals surface area contributed by atoms with Crippen molar-refractivity contribution in [2.75, 3.05) is 6.54 Å². The average Bonchev–Trinajstić information content (AvgIpc) is 2.79. The number of hydrogen-bond donors (Lipinski definition) is 2. The molecule has 1 aliphatic carbocycles. The summed E-state index contributed by atoms with van der Waals surface area (Å²) in [5, 5.41) is 11.4. The number of carboxylic acids is 1. The smallest absolute Gasteiger partial charge is 0.311 e. The van der Waals surface area contributed by atoms with E-state index in [2.05, 4.69) is 5.32 Å². The van der Waals surface area contributed by atoms with E-state index in [1.54, 1.807) is 0 Å². The number of hydrogen-bond acceptors (Lipinski definition) is 2. The standard InChI is InChI=1S/C10H15NO3/c1-7(2)5-8(12)11-6-10(3-4-10)9(13)14/h5H,3-4,6H2,1-2H3,(H,11,12)(H,13,14). The average molecular weight is 197 g/mol. The lowest BCUT2D eigenvalue weighted by molar-refractivity contribution is -0.143. The largest absolute Gasteiger partial charge is 0.481 e. The van der Waals surface area contributed by atoms with Crippen molar-refractivity contribution in [3.05, 3.63) is 11.6 Å². The number of carbonyl (C=O) groups excluding carboxylic acids is 1. The Kier molecular flexibility index (Phi) is 2.93. The molecule has 2 N–H and O–H groups in total. The van der Waals surface area contributed by atoms with E-state index in [0.717, 1.165) is 5.57 Å². The summed E-state index contributed by atoms with van der Waals surface area (Å²) >= 11 is 0. The van der Waals surface area contributed by atoms with E-state index in [0.29, 0.717) is 12.8 Å². The van der Waals surface area contributed by atoms with E-state index in [9.17, 15) is 9.59 Å². The van der Waals surface area contributed by atoms with Crippen LogP contribution in [0.3, 0.4) is 0 Å². The summed E-state index contributed by atoms with van der Waals surface area (Å²) in [4.78, 5) is 21.9. The Morgan fingerprint density at radius 2 is 2.00 bits per heavy atom. The number of rotatable bonds is 4. The Morgan fingerprint density at radius 3 is 2.36 bits per heavy atom. The molecule has 14 heavy (non-hydrogen) atoms. The van der Waals surface area contributed by atoms with Crippen molar-refractivity contribution < 1.29 is 14.7 Å². The molecular formula is C10H15NO3. The van der Waals surface area contributed by atoms with Crippen LogP contribution in [0.1, 0.15) is 26.7 Å². The number of allylic oxidation sites excluding steroid dienone is 1. The first-order valence-electron chi connectivity index (χ1n) is 4.62. The number of carbonyl (C=O) groups is 2. The van der Waals surface area contributed by atoms with Gasteiger partial charge in [0.05, 0.1) is 5.41 Å². The van der Waals surface area contributed by atoms with Crippen LogP contribution in [0.2, 0.25) is 0 Å². The van der Waals surface area contributed by atoms with Crippen molar-refractivity contribution in [2.45, 2.75) is 26.7 Å². The fourth-order valence-corrected chi connectivity index (χ4v) is 1.19. The molecule has 1 fully saturated rings. The second-order valence-electron chi connectivity index (χ2n) is 4.02. The Morgan fingerprint density at radius 1 is 1.43 bits per heavy atom. The van der Waals surface area contributed by atoms with Gasteiger partial charge in [0.1, 0.15) is 0 Å². The van der Waals surface area contributed by atoms with Crippen molar-refractivity contribution in [1.29, 1.82) is 0 Å². The summed E-state index contributed by atoms with van der Waals surface area (Å²) in [6.07, 6.45) is 2.80. The molecule has 1 saturated carbocycles. The predicted molar refractivity (Wildman–Crippen MR) is 51.7 cm³/mol. The zero-order valence-corrected chi connectivity index (χ0v) is 8.46. The van der Waals surface area contributed by atoms with Gasteiger partial charge in [-0.3, -0.25) is 9.59 Å². The zero-order chi connectivity index (χ0) is 10.8. The molecule has 4 nitrogen and oxygen atoms in total. The van der Waals surface area contributed by atoms with E-state index in [1.807, 2.05) is 13.8 Å². The van der Waals surface area contributed by atoms with E-state index in [4.69, 9.17) is 5.11 Å². The van der Waals surface area contributed by atoms with Crippen LogP contribution in [0, 0.1) is 5.41 Å². The zero-order valence-electron chi connectivity index (χ0n) is 8.46. The molecule has 0 radical (unpaired) electrons. The normalized spacial score (nSPS) is 17.0. The third-order valence-corrected chi connectivity index (χ3v) is 2.33. The van der Waals surface area contributed by atoms with Crippen LogP contribution in [0.25, 0.3) is 0 Å². The molecule has 0 bridgehead atoms. The summed E-state index contributed by atoms with van der Waals surface area (Å²) in [5.41, 5.74) is 0.230. The number of nitrogens with one attached hydrogen (secondary N) is 1. The van der Waals surface area contributed by atoms with Crippen molar-refractivity contribution >= 4 is 11.9 Å². The van der Waals surface area contributed by atoms with Crippen molar-refractivity contribution in [2.24, 2.45) is 5.41 Å². The number of amides is 1. The summed E-state index contributed by atoms with van der Waals surface area (Å²) in [7, 11) is 0. The van der Waals surface area contributed by atoms with Crippen LogP contribution in [0.5, 0.6) is 0 Å². The third kappa shape index (κ3) is 2.58. The molecule has 0 aromatic carbocycles. The van der Waals surface area contributed by atoms with E-state index in [-0.39, 0.29) is 12.5 Å². The molecule has 0 aromatic rings. The van der Waals surface area contributed by atoms with Gasteiger partial charge < -0.3 is 10.4 Å². The molecule has 78 valence electrons. The SMILES string of the molecule is CC(C)=CC(=O)NCC1(C(=O)O)CC1. The number of aliphatic carboxylic acids is 1. The highest BCUT2D eigenvalue weighted by molar-refractivity contribution is 5.89.